The van der Waals surface area contributed by atoms with Crippen LogP contribution in [0.3, 0.4) is 0 Å². The van der Waals surface area contributed by atoms with Gasteiger partial charge in [0.25, 0.3) is 0 Å². The quantitative estimate of drug-likeness (QED) is 0.788. The Kier molecular flexibility index (Phi) is 6.20. The van der Waals surface area contributed by atoms with Crippen molar-refractivity contribution in [3.63, 3.8) is 0 Å². The number of nitrogens with zero attached hydrogens (tertiary/aromatic N) is 4. The molecular formula is C19H23FN6O. The van der Waals surface area contributed by atoms with E-state index in [1.807, 2.05) is 12.1 Å². The summed E-state index contributed by atoms with van der Waals surface area (Å²) in [6.07, 6.45) is 3.53. The zero-order valence-corrected chi connectivity index (χ0v) is 15.1. The highest BCUT2D eigenvalue weighted by Gasteiger charge is 2.35. The van der Waals surface area contributed by atoms with E-state index in [0.717, 1.165) is 31.6 Å². The van der Waals surface area contributed by atoms with Gasteiger partial charge in [0.2, 0.25) is 5.91 Å². The van der Waals surface area contributed by atoms with E-state index in [2.05, 4.69) is 15.6 Å². The summed E-state index contributed by atoms with van der Waals surface area (Å²) in [7, 11) is 0. The average Bonchev–Trinajstić information content (AvgIpc) is 3.31. The zero-order valence-electron chi connectivity index (χ0n) is 15.1. The molecule has 0 spiro atoms. The topological polar surface area (TPSA) is 105 Å². The van der Waals surface area contributed by atoms with Crippen molar-refractivity contribution in [1.82, 2.24) is 15.2 Å². The van der Waals surface area contributed by atoms with Gasteiger partial charge >= 0.3 is 0 Å². The van der Waals surface area contributed by atoms with Crippen molar-refractivity contribution in [2.45, 2.75) is 43.9 Å². The highest BCUT2D eigenvalue weighted by molar-refractivity contribution is 5.79. The van der Waals surface area contributed by atoms with Gasteiger partial charge in [-0.3, -0.25) is 4.79 Å². The third kappa shape index (κ3) is 4.93. The molecule has 0 radical (unpaired) electrons. The Labute approximate surface area is 158 Å². The van der Waals surface area contributed by atoms with E-state index < -0.39 is 12.2 Å². The van der Waals surface area contributed by atoms with E-state index in [-0.39, 0.29) is 31.5 Å². The summed E-state index contributed by atoms with van der Waals surface area (Å²) in [4.78, 5) is 17.8. The number of pyridine rings is 1. The number of anilines is 1. The van der Waals surface area contributed by atoms with Crippen LogP contribution in [-0.4, -0.2) is 53.7 Å². The van der Waals surface area contributed by atoms with Crippen LogP contribution in [0.5, 0.6) is 0 Å². The number of halogens is 1. The molecule has 4 atom stereocenters. The largest absolute Gasteiger partial charge is 0.370 e. The molecule has 142 valence electrons. The van der Waals surface area contributed by atoms with Crippen molar-refractivity contribution in [1.29, 1.82) is 10.5 Å². The summed E-state index contributed by atoms with van der Waals surface area (Å²) in [6, 6.07) is 7.18. The number of hydrogen-bond donors (Lipinski definition) is 2. The first-order valence-corrected chi connectivity index (χ1v) is 9.25. The third-order valence-corrected chi connectivity index (χ3v) is 5.27. The fourth-order valence-corrected chi connectivity index (χ4v) is 3.78. The molecule has 2 aliphatic rings. The molecule has 7 nitrogen and oxygen atoms in total. The maximum atomic E-state index is 13.4. The van der Waals surface area contributed by atoms with E-state index in [1.54, 1.807) is 18.3 Å². The van der Waals surface area contributed by atoms with Crippen LogP contribution in [0, 0.1) is 28.6 Å². The molecule has 2 heterocycles. The van der Waals surface area contributed by atoms with Crippen LogP contribution >= 0.6 is 0 Å². The van der Waals surface area contributed by atoms with Gasteiger partial charge in [-0.25, -0.2) is 9.37 Å². The normalized spacial score (nSPS) is 27.1. The van der Waals surface area contributed by atoms with E-state index in [9.17, 15) is 9.18 Å². The lowest BCUT2D eigenvalue weighted by Crippen LogP contribution is -2.43. The first kappa shape index (κ1) is 19.1. The molecule has 8 heteroatoms. The summed E-state index contributed by atoms with van der Waals surface area (Å²) in [6.45, 7) is 0.956. The van der Waals surface area contributed by atoms with Crippen molar-refractivity contribution in [3.8, 4) is 12.1 Å². The molecule has 2 fully saturated rings. The standard InChI is InChI=1S/C19H23FN6O/c20-15-6-17(8-22)26(12-15)19(27)11-23-16-3-1-13(5-16)9-24-18-4-2-14(7-21)10-25-18/h2,4,10,13,15-17,23H,1,3,5-6,9,11-12H2,(H,24,25)/t13?,15-,16+,17-/m0/s1. The number of nitriles is 2. The van der Waals surface area contributed by atoms with Crippen molar-refractivity contribution < 1.29 is 9.18 Å². The van der Waals surface area contributed by atoms with E-state index in [4.69, 9.17) is 10.5 Å². The average molecular weight is 370 g/mol. The van der Waals surface area contributed by atoms with Crippen LogP contribution in [0.1, 0.15) is 31.2 Å². The van der Waals surface area contributed by atoms with Crippen molar-refractivity contribution in [2.24, 2.45) is 5.92 Å². The smallest absolute Gasteiger partial charge is 0.237 e. The molecular weight excluding hydrogens is 347 g/mol. The molecule has 3 rings (SSSR count). The number of nitrogens with one attached hydrogen (secondary N) is 2. The molecule has 1 aliphatic carbocycles. The number of carbonyl (C=O) groups excluding carboxylic acids is 1. The van der Waals surface area contributed by atoms with Crippen molar-refractivity contribution in [3.05, 3.63) is 23.9 Å². The summed E-state index contributed by atoms with van der Waals surface area (Å²) < 4.78 is 13.4. The summed E-state index contributed by atoms with van der Waals surface area (Å²) in [5.74, 6) is 1.02. The van der Waals surface area contributed by atoms with Crippen LogP contribution in [0.2, 0.25) is 0 Å². The number of hydrogen-bond acceptors (Lipinski definition) is 6. The van der Waals surface area contributed by atoms with Gasteiger partial charge in [0.15, 0.2) is 0 Å². The second-order valence-corrected chi connectivity index (χ2v) is 7.21. The van der Waals surface area contributed by atoms with Gasteiger partial charge in [-0.05, 0) is 37.3 Å². The molecule has 1 aromatic rings. The van der Waals surface area contributed by atoms with Gasteiger partial charge < -0.3 is 15.5 Å². The second kappa shape index (κ2) is 8.79. The van der Waals surface area contributed by atoms with Crippen LogP contribution in [0.4, 0.5) is 10.2 Å². The highest BCUT2D eigenvalue weighted by Crippen LogP contribution is 2.26. The Morgan fingerprint density at radius 3 is 2.89 bits per heavy atom. The predicted octanol–water partition coefficient (Wildman–Crippen LogP) is 1.59. The number of amides is 1. The lowest BCUT2D eigenvalue weighted by Gasteiger charge is -2.21. The molecule has 0 bridgehead atoms. The van der Waals surface area contributed by atoms with Crippen LogP contribution in [0.15, 0.2) is 18.3 Å². The van der Waals surface area contributed by atoms with Gasteiger partial charge in [-0.2, -0.15) is 10.5 Å². The predicted molar refractivity (Wildman–Crippen MR) is 97.2 cm³/mol. The van der Waals surface area contributed by atoms with E-state index in [0.29, 0.717) is 11.5 Å². The lowest BCUT2D eigenvalue weighted by molar-refractivity contribution is -0.130. The Bertz CT molecular complexity index is 740. The molecule has 0 aromatic carbocycles. The summed E-state index contributed by atoms with van der Waals surface area (Å²) in [5.41, 5.74) is 0.533. The molecule has 1 saturated heterocycles. The fourth-order valence-electron chi connectivity index (χ4n) is 3.78. The third-order valence-electron chi connectivity index (χ3n) is 5.27. The lowest BCUT2D eigenvalue weighted by atomic mass is 10.1. The SMILES string of the molecule is N#Cc1ccc(NCC2CC[C@@H](NCC(=O)N3C[C@@H](F)C[C@H]3C#N)C2)nc1. The number of carbonyl (C=O) groups is 1. The minimum absolute atomic E-state index is 0.0214. The van der Waals surface area contributed by atoms with Gasteiger partial charge in [0, 0.05) is 25.2 Å². The van der Waals surface area contributed by atoms with E-state index in [1.165, 1.54) is 4.90 Å². The van der Waals surface area contributed by atoms with Gasteiger partial charge in [-0.15, -0.1) is 0 Å². The van der Waals surface area contributed by atoms with Gasteiger partial charge in [-0.1, -0.05) is 0 Å². The first-order chi connectivity index (χ1) is 13.1. The number of likely N-dealkylation sites (tertiary alicyclic amines) is 1. The number of alkyl halides is 1. The molecule has 1 aromatic heterocycles. The second-order valence-electron chi connectivity index (χ2n) is 7.21. The van der Waals surface area contributed by atoms with Crippen LogP contribution < -0.4 is 10.6 Å². The van der Waals surface area contributed by atoms with Crippen LogP contribution in [0.25, 0.3) is 0 Å². The Balaban J connectivity index is 1.39. The first-order valence-electron chi connectivity index (χ1n) is 9.25. The Morgan fingerprint density at radius 1 is 1.33 bits per heavy atom. The maximum Gasteiger partial charge on any atom is 0.237 e. The molecule has 27 heavy (non-hydrogen) atoms. The molecule has 1 aliphatic heterocycles. The van der Waals surface area contributed by atoms with E-state index >= 15 is 0 Å². The molecule has 1 amide bonds. The zero-order chi connectivity index (χ0) is 19.2. The van der Waals surface area contributed by atoms with Crippen molar-refractivity contribution in [2.75, 3.05) is 25.0 Å². The van der Waals surface area contributed by atoms with Gasteiger partial charge in [0.1, 0.15) is 24.1 Å². The Morgan fingerprint density at radius 2 is 2.19 bits per heavy atom. The summed E-state index contributed by atoms with van der Waals surface area (Å²) >= 11 is 0. The van der Waals surface area contributed by atoms with Crippen LogP contribution in [-0.2, 0) is 4.79 Å². The molecule has 1 unspecified atom stereocenters. The van der Waals surface area contributed by atoms with Crippen molar-refractivity contribution >= 4 is 11.7 Å². The monoisotopic (exact) mass is 370 g/mol. The minimum Gasteiger partial charge on any atom is -0.370 e. The highest BCUT2D eigenvalue weighted by atomic mass is 19.1. The minimum atomic E-state index is -1.10. The maximum absolute atomic E-state index is 13.4. The summed E-state index contributed by atoms with van der Waals surface area (Å²) in [5, 5.41) is 24.4. The molecule has 2 N–H and O–H groups in total. The Hall–Kier alpha value is -2.71. The number of rotatable bonds is 6. The fraction of sp³-hybridized carbons (Fsp3) is 0.579. The van der Waals surface area contributed by atoms with Gasteiger partial charge in [0.05, 0.1) is 24.7 Å². The molecule has 1 saturated carbocycles. The number of aromatic nitrogens is 1.